The van der Waals surface area contributed by atoms with E-state index in [-0.39, 0.29) is 23.1 Å². The highest BCUT2D eigenvalue weighted by molar-refractivity contribution is 7.16. The average molecular weight is 464 g/mol. The summed E-state index contributed by atoms with van der Waals surface area (Å²) in [4.78, 5) is 38.6. The van der Waals surface area contributed by atoms with Gasteiger partial charge in [0.1, 0.15) is 12.4 Å². The van der Waals surface area contributed by atoms with Gasteiger partial charge in [0.15, 0.2) is 0 Å². The molecular formula is C20H19ClFN5O3S. The number of hydrogen-bond acceptors (Lipinski definition) is 5. The van der Waals surface area contributed by atoms with Gasteiger partial charge in [-0.15, -0.1) is 0 Å². The van der Waals surface area contributed by atoms with Gasteiger partial charge in [-0.3, -0.25) is 19.6 Å². The predicted molar refractivity (Wildman–Crippen MR) is 118 cm³/mol. The molecule has 31 heavy (non-hydrogen) atoms. The van der Waals surface area contributed by atoms with Gasteiger partial charge in [0, 0.05) is 36.9 Å². The lowest BCUT2D eigenvalue weighted by Crippen LogP contribution is -2.56. The maximum Gasteiger partial charge on any atom is 0.333 e. The van der Waals surface area contributed by atoms with Gasteiger partial charge < -0.3 is 10.2 Å². The van der Waals surface area contributed by atoms with E-state index < -0.39 is 6.03 Å². The molecule has 0 spiro atoms. The number of hydrazine groups is 1. The lowest BCUT2D eigenvalue weighted by molar-refractivity contribution is -0.133. The SMILES string of the molecule is O=C(Nc1ccc(F)cc1)NN1CCN(C(=O)Cn2c(=O)sc3ccc(Cl)cc32)CC1. The van der Waals surface area contributed by atoms with Crippen LogP contribution >= 0.6 is 22.9 Å². The number of benzene rings is 2. The molecule has 1 aromatic heterocycles. The van der Waals surface area contributed by atoms with Crippen LogP contribution in [0.3, 0.4) is 0 Å². The summed E-state index contributed by atoms with van der Waals surface area (Å²) in [6.45, 7) is 1.64. The summed E-state index contributed by atoms with van der Waals surface area (Å²) < 4.78 is 15.2. The third kappa shape index (κ3) is 5.04. The van der Waals surface area contributed by atoms with Gasteiger partial charge in [0.25, 0.3) is 0 Å². The highest BCUT2D eigenvalue weighted by Crippen LogP contribution is 2.21. The molecular weight excluding hydrogens is 445 g/mol. The molecule has 0 atom stereocenters. The number of hydrogen-bond donors (Lipinski definition) is 2. The Labute approximate surface area is 185 Å². The monoisotopic (exact) mass is 463 g/mol. The third-order valence-electron chi connectivity index (χ3n) is 4.92. The summed E-state index contributed by atoms with van der Waals surface area (Å²) in [5.74, 6) is -0.551. The summed E-state index contributed by atoms with van der Waals surface area (Å²) in [5, 5.41) is 4.83. The van der Waals surface area contributed by atoms with Crippen molar-refractivity contribution in [3.63, 3.8) is 0 Å². The van der Waals surface area contributed by atoms with Gasteiger partial charge in [-0.25, -0.2) is 14.2 Å². The second-order valence-corrected chi connectivity index (χ2v) is 8.44. The molecule has 0 saturated carbocycles. The highest BCUT2D eigenvalue weighted by atomic mass is 35.5. The van der Waals surface area contributed by atoms with Gasteiger partial charge in [-0.2, -0.15) is 0 Å². The van der Waals surface area contributed by atoms with E-state index in [1.807, 2.05) is 0 Å². The topological polar surface area (TPSA) is 86.7 Å². The van der Waals surface area contributed by atoms with Crippen LogP contribution in [0, 0.1) is 5.82 Å². The molecule has 2 aromatic carbocycles. The van der Waals surface area contributed by atoms with Gasteiger partial charge in [-0.1, -0.05) is 22.9 Å². The molecule has 11 heteroatoms. The first-order valence-electron chi connectivity index (χ1n) is 9.54. The molecule has 1 aliphatic heterocycles. The van der Waals surface area contributed by atoms with Crippen LogP contribution in [0.2, 0.25) is 5.02 Å². The summed E-state index contributed by atoms with van der Waals surface area (Å²) in [7, 11) is 0. The first-order chi connectivity index (χ1) is 14.9. The number of carbonyl (C=O) groups is 2. The first-order valence-corrected chi connectivity index (χ1v) is 10.7. The number of fused-ring (bicyclic) bond motifs is 1. The summed E-state index contributed by atoms with van der Waals surface area (Å²) in [6, 6.07) is 10.2. The number of nitrogens with one attached hydrogen (secondary N) is 2. The second-order valence-electron chi connectivity index (χ2n) is 7.01. The molecule has 4 rings (SSSR count). The van der Waals surface area contributed by atoms with Crippen LogP contribution in [0.5, 0.6) is 0 Å². The quantitative estimate of drug-likeness (QED) is 0.623. The molecule has 3 amide bonds. The lowest BCUT2D eigenvalue weighted by atomic mass is 10.3. The zero-order valence-electron chi connectivity index (χ0n) is 16.3. The van der Waals surface area contributed by atoms with E-state index in [0.717, 1.165) is 16.0 Å². The Morgan fingerprint density at radius 2 is 1.77 bits per heavy atom. The molecule has 1 fully saturated rings. The Kier molecular flexibility index (Phi) is 6.21. The fourth-order valence-electron chi connectivity index (χ4n) is 3.32. The van der Waals surface area contributed by atoms with Crippen molar-refractivity contribution in [2.45, 2.75) is 6.54 Å². The number of carbonyl (C=O) groups excluding carboxylic acids is 2. The smallest absolute Gasteiger partial charge is 0.333 e. The number of piperazine rings is 1. The minimum atomic E-state index is -0.445. The Morgan fingerprint density at radius 1 is 1.06 bits per heavy atom. The van der Waals surface area contributed by atoms with Crippen molar-refractivity contribution >= 4 is 50.8 Å². The minimum absolute atomic E-state index is 0.0579. The number of nitrogens with zero attached hydrogens (tertiary/aromatic N) is 3. The molecule has 0 bridgehead atoms. The molecule has 2 heterocycles. The molecule has 8 nitrogen and oxygen atoms in total. The normalized spacial score (nSPS) is 14.6. The highest BCUT2D eigenvalue weighted by Gasteiger charge is 2.23. The average Bonchev–Trinajstić information content (AvgIpc) is 3.05. The summed E-state index contributed by atoms with van der Waals surface area (Å²) >= 11 is 7.11. The Bertz CT molecular complexity index is 1170. The maximum absolute atomic E-state index is 12.9. The molecule has 3 aromatic rings. The standard InChI is InChI=1S/C20H19ClFN5O3S/c21-13-1-6-17-16(11-13)27(20(30)31-17)12-18(28)25-7-9-26(10-8-25)24-19(29)23-15-4-2-14(22)3-5-15/h1-6,11H,7-10,12H2,(H2,23,24,29). The van der Waals surface area contributed by atoms with Crippen molar-refractivity contribution in [1.82, 2.24) is 19.9 Å². The molecule has 162 valence electrons. The van der Waals surface area contributed by atoms with Crippen molar-refractivity contribution in [2.75, 3.05) is 31.5 Å². The van der Waals surface area contributed by atoms with Crippen molar-refractivity contribution in [3.8, 4) is 0 Å². The van der Waals surface area contributed by atoms with Crippen LogP contribution < -0.4 is 15.6 Å². The Hall–Kier alpha value is -2.95. The van der Waals surface area contributed by atoms with Gasteiger partial charge in [-0.05, 0) is 42.5 Å². The van der Waals surface area contributed by atoms with Gasteiger partial charge >= 0.3 is 10.9 Å². The molecule has 0 aliphatic carbocycles. The number of anilines is 1. The van der Waals surface area contributed by atoms with Crippen molar-refractivity contribution < 1.29 is 14.0 Å². The molecule has 0 radical (unpaired) electrons. The third-order valence-corrected chi connectivity index (χ3v) is 6.11. The van der Waals surface area contributed by atoms with E-state index in [0.29, 0.717) is 42.4 Å². The van der Waals surface area contributed by atoms with Crippen LogP contribution in [0.25, 0.3) is 10.2 Å². The lowest BCUT2D eigenvalue weighted by Gasteiger charge is -2.34. The van der Waals surface area contributed by atoms with E-state index in [9.17, 15) is 18.8 Å². The van der Waals surface area contributed by atoms with E-state index in [4.69, 9.17) is 11.6 Å². The number of thiazole rings is 1. The van der Waals surface area contributed by atoms with E-state index in [1.54, 1.807) is 28.1 Å². The van der Waals surface area contributed by atoms with Crippen LogP contribution in [0.15, 0.2) is 47.3 Å². The van der Waals surface area contributed by atoms with Gasteiger partial charge in [0.2, 0.25) is 5.91 Å². The zero-order chi connectivity index (χ0) is 22.0. The van der Waals surface area contributed by atoms with E-state index >= 15 is 0 Å². The maximum atomic E-state index is 12.9. The number of amides is 3. The van der Waals surface area contributed by atoms with Crippen molar-refractivity contribution in [1.29, 1.82) is 0 Å². The van der Waals surface area contributed by atoms with E-state index in [2.05, 4.69) is 10.7 Å². The van der Waals surface area contributed by atoms with Crippen molar-refractivity contribution in [2.24, 2.45) is 0 Å². The van der Waals surface area contributed by atoms with E-state index in [1.165, 1.54) is 28.8 Å². The van der Waals surface area contributed by atoms with Crippen LogP contribution in [-0.2, 0) is 11.3 Å². The minimum Gasteiger partial charge on any atom is -0.338 e. The number of aromatic nitrogens is 1. The molecule has 1 saturated heterocycles. The fourth-order valence-corrected chi connectivity index (χ4v) is 4.36. The second kappa shape index (κ2) is 9.04. The van der Waals surface area contributed by atoms with Crippen LogP contribution in [0.1, 0.15) is 0 Å². The fraction of sp³-hybridized carbons (Fsp3) is 0.250. The van der Waals surface area contributed by atoms with Crippen molar-refractivity contribution in [3.05, 3.63) is 63.0 Å². The van der Waals surface area contributed by atoms with Crippen LogP contribution in [0.4, 0.5) is 14.9 Å². The Balaban J connectivity index is 1.30. The van der Waals surface area contributed by atoms with Crippen LogP contribution in [-0.4, -0.2) is 52.6 Å². The molecule has 1 aliphatic rings. The Morgan fingerprint density at radius 3 is 2.48 bits per heavy atom. The summed E-state index contributed by atoms with van der Waals surface area (Å²) in [5.41, 5.74) is 3.83. The number of rotatable bonds is 4. The summed E-state index contributed by atoms with van der Waals surface area (Å²) in [6.07, 6.45) is 0. The molecule has 0 unspecified atom stereocenters. The number of halogens is 2. The number of urea groups is 1. The molecule has 2 N–H and O–H groups in total. The zero-order valence-corrected chi connectivity index (χ0v) is 17.9. The predicted octanol–water partition coefficient (Wildman–Crippen LogP) is 2.74. The first kappa shape index (κ1) is 21.3. The van der Waals surface area contributed by atoms with Gasteiger partial charge in [0.05, 0.1) is 10.2 Å². The largest absolute Gasteiger partial charge is 0.338 e.